The van der Waals surface area contributed by atoms with Gasteiger partial charge < -0.3 is 26.0 Å². The lowest BCUT2D eigenvalue weighted by Gasteiger charge is -2.34. The molecule has 2 unspecified atom stereocenters. The molecule has 0 radical (unpaired) electrons. The number of nitrogens with one attached hydrogen (secondary N) is 2. The quantitative estimate of drug-likeness (QED) is 0.272. The summed E-state index contributed by atoms with van der Waals surface area (Å²) in [6.07, 6.45) is 4.85. The first-order valence-corrected chi connectivity index (χ1v) is 13.9. The summed E-state index contributed by atoms with van der Waals surface area (Å²) >= 11 is 0. The fourth-order valence-electron chi connectivity index (χ4n) is 4.02. The zero-order valence-electron chi connectivity index (χ0n) is 24.1. The summed E-state index contributed by atoms with van der Waals surface area (Å²) in [5, 5.41) is 5.48. The first kappa shape index (κ1) is 32.9. The van der Waals surface area contributed by atoms with Gasteiger partial charge in [-0.15, -0.1) is 0 Å². The Labute approximate surface area is 228 Å². The molecule has 4 amide bonds. The van der Waals surface area contributed by atoms with Crippen LogP contribution in [0.3, 0.4) is 0 Å². The number of alkyl carbamates (subject to hydrolysis) is 1. The molecular weight excluding hydrogens is 484 g/mol. The molecule has 0 aliphatic rings. The normalized spacial score (nSPS) is 12.8. The van der Waals surface area contributed by atoms with E-state index in [9.17, 15) is 19.2 Å². The van der Waals surface area contributed by atoms with Crippen LogP contribution < -0.4 is 16.4 Å². The number of benzene rings is 1. The summed E-state index contributed by atoms with van der Waals surface area (Å²) in [5.74, 6) is -1.61. The predicted molar refractivity (Wildman–Crippen MR) is 149 cm³/mol. The van der Waals surface area contributed by atoms with Crippen LogP contribution in [0.25, 0.3) is 0 Å². The van der Waals surface area contributed by atoms with Crippen molar-refractivity contribution in [3.05, 3.63) is 35.4 Å². The maximum absolute atomic E-state index is 14.0. The molecule has 2 atom stereocenters. The number of carbonyl (C=O) groups excluding carboxylic acids is 4. The van der Waals surface area contributed by atoms with E-state index in [1.165, 1.54) is 4.90 Å². The molecule has 0 bridgehead atoms. The van der Waals surface area contributed by atoms with Gasteiger partial charge in [-0.05, 0) is 51.2 Å². The smallest absolute Gasteiger partial charge is 0.408 e. The molecule has 1 aromatic rings. The van der Waals surface area contributed by atoms with Crippen molar-refractivity contribution >= 4 is 23.8 Å². The molecule has 38 heavy (non-hydrogen) atoms. The lowest BCUT2D eigenvalue weighted by Crippen LogP contribution is -2.54. The molecule has 0 saturated heterocycles. The average Bonchev–Trinajstić information content (AvgIpc) is 2.84. The van der Waals surface area contributed by atoms with E-state index in [1.807, 2.05) is 38.1 Å². The van der Waals surface area contributed by atoms with Crippen LogP contribution in [0.1, 0.15) is 104 Å². The third-order valence-corrected chi connectivity index (χ3v) is 6.02. The van der Waals surface area contributed by atoms with Crippen LogP contribution in [-0.4, -0.2) is 53.4 Å². The Hall–Kier alpha value is -3.10. The molecule has 0 aromatic heterocycles. The Morgan fingerprint density at radius 1 is 0.947 bits per heavy atom. The van der Waals surface area contributed by atoms with Crippen molar-refractivity contribution in [3.8, 4) is 0 Å². The molecule has 1 rings (SSSR count). The molecule has 4 N–H and O–H groups in total. The summed E-state index contributed by atoms with van der Waals surface area (Å²) in [6, 6.07) is 5.42. The predicted octanol–water partition coefficient (Wildman–Crippen LogP) is 4.38. The maximum atomic E-state index is 14.0. The Balaban J connectivity index is 3.46. The highest BCUT2D eigenvalue weighted by Gasteiger charge is 2.36. The lowest BCUT2D eigenvalue weighted by atomic mass is 9.99. The van der Waals surface area contributed by atoms with E-state index in [1.54, 1.807) is 20.8 Å². The molecular formula is C29H48N4O5. The van der Waals surface area contributed by atoms with Crippen molar-refractivity contribution in [1.29, 1.82) is 0 Å². The molecule has 0 fully saturated rings. The standard InChI is InChI=1S/C29H48N4O5/c1-7-10-12-13-19-33(27(36)23(20-24(30)34)32-28(37)38-29(4,5)6)25(26(35)31-18-11-8-2)22-16-14-21(9-3)15-17-22/h14-17,23,25H,7-13,18-20H2,1-6H3,(H2,30,34)(H,31,35)(H,32,37). The van der Waals surface area contributed by atoms with Crippen LogP contribution in [0.5, 0.6) is 0 Å². The molecule has 1 aromatic carbocycles. The SMILES string of the molecule is CCCCCCN(C(=O)C(CC(N)=O)NC(=O)OC(C)(C)C)C(C(=O)NCCCC)c1ccc(CC)cc1. The maximum Gasteiger partial charge on any atom is 0.408 e. The van der Waals surface area contributed by atoms with Crippen molar-refractivity contribution < 1.29 is 23.9 Å². The first-order valence-electron chi connectivity index (χ1n) is 13.9. The number of carbonyl (C=O) groups is 4. The molecule has 0 heterocycles. The summed E-state index contributed by atoms with van der Waals surface area (Å²) < 4.78 is 5.32. The zero-order chi connectivity index (χ0) is 28.7. The number of unbranched alkanes of at least 4 members (excludes halogenated alkanes) is 4. The molecule has 9 heteroatoms. The minimum Gasteiger partial charge on any atom is -0.444 e. The van der Waals surface area contributed by atoms with Gasteiger partial charge in [-0.25, -0.2) is 4.79 Å². The van der Waals surface area contributed by atoms with Gasteiger partial charge in [0.05, 0.1) is 6.42 Å². The number of ether oxygens (including phenoxy) is 1. The fraction of sp³-hybridized carbons (Fsp3) is 0.655. The highest BCUT2D eigenvalue weighted by Crippen LogP contribution is 2.25. The summed E-state index contributed by atoms with van der Waals surface area (Å²) in [5.41, 5.74) is 6.43. The summed E-state index contributed by atoms with van der Waals surface area (Å²) in [7, 11) is 0. The van der Waals surface area contributed by atoms with E-state index in [-0.39, 0.29) is 12.5 Å². The van der Waals surface area contributed by atoms with E-state index in [0.29, 0.717) is 18.5 Å². The Bertz CT molecular complexity index is 895. The van der Waals surface area contributed by atoms with Crippen molar-refractivity contribution in [3.63, 3.8) is 0 Å². The topological polar surface area (TPSA) is 131 Å². The number of primary amides is 1. The van der Waals surface area contributed by atoms with Crippen molar-refractivity contribution in [2.45, 2.75) is 111 Å². The first-order chi connectivity index (χ1) is 17.9. The average molecular weight is 533 g/mol. The fourth-order valence-corrected chi connectivity index (χ4v) is 4.02. The molecule has 0 aliphatic heterocycles. The van der Waals surface area contributed by atoms with Gasteiger partial charge in [0.15, 0.2) is 0 Å². The van der Waals surface area contributed by atoms with Crippen molar-refractivity contribution in [1.82, 2.24) is 15.5 Å². The van der Waals surface area contributed by atoms with Gasteiger partial charge in [0, 0.05) is 13.1 Å². The van der Waals surface area contributed by atoms with Gasteiger partial charge in [-0.3, -0.25) is 14.4 Å². The van der Waals surface area contributed by atoms with E-state index < -0.39 is 42.0 Å². The second-order valence-electron chi connectivity index (χ2n) is 10.6. The highest BCUT2D eigenvalue weighted by molar-refractivity contribution is 5.94. The summed E-state index contributed by atoms with van der Waals surface area (Å²) in [4.78, 5) is 53.5. The number of aryl methyl sites for hydroxylation is 1. The van der Waals surface area contributed by atoms with Gasteiger partial charge in [0.25, 0.3) is 0 Å². The Morgan fingerprint density at radius 2 is 1.58 bits per heavy atom. The lowest BCUT2D eigenvalue weighted by molar-refractivity contribution is -0.143. The van der Waals surface area contributed by atoms with E-state index in [2.05, 4.69) is 17.6 Å². The van der Waals surface area contributed by atoms with Crippen LogP contribution in [0.2, 0.25) is 0 Å². The summed E-state index contributed by atoms with van der Waals surface area (Å²) in [6.45, 7) is 12.0. The number of nitrogens with two attached hydrogens (primary N) is 1. The van der Waals surface area contributed by atoms with Gasteiger partial charge in [-0.2, -0.15) is 0 Å². The van der Waals surface area contributed by atoms with Crippen LogP contribution in [0, 0.1) is 0 Å². The number of hydrogen-bond donors (Lipinski definition) is 3. The van der Waals surface area contributed by atoms with E-state index >= 15 is 0 Å². The van der Waals surface area contributed by atoms with Gasteiger partial charge in [0.1, 0.15) is 17.7 Å². The van der Waals surface area contributed by atoms with Gasteiger partial charge >= 0.3 is 6.09 Å². The minimum atomic E-state index is -1.27. The largest absolute Gasteiger partial charge is 0.444 e. The molecule has 0 aliphatic carbocycles. The number of nitrogens with zero attached hydrogens (tertiary/aromatic N) is 1. The van der Waals surface area contributed by atoms with Crippen LogP contribution in [-0.2, 0) is 25.5 Å². The van der Waals surface area contributed by atoms with E-state index in [4.69, 9.17) is 10.5 Å². The highest BCUT2D eigenvalue weighted by atomic mass is 16.6. The Kier molecular flexibility index (Phi) is 14.5. The molecule has 214 valence electrons. The minimum absolute atomic E-state index is 0.283. The second kappa shape index (κ2) is 16.7. The van der Waals surface area contributed by atoms with Crippen molar-refractivity contribution in [2.75, 3.05) is 13.1 Å². The van der Waals surface area contributed by atoms with Crippen LogP contribution in [0.4, 0.5) is 4.79 Å². The van der Waals surface area contributed by atoms with E-state index in [0.717, 1.165) is 44.1 Å². The monoisotopic (exact) mass is 532 g/mol. The van der Waals surface area contributed by atoms with Gasteiger partial charge in [-0.1, -0.05) is 70.7 Å². The number of rotatable bonds is 16. The van der Waals surface area contributed by atoms with Crippen molar-refractivity contribution in [2.24, 2.45) is 5.73 Å². The molecule has 0 spiro atoms. The molecule has 9 nitrogen and oxygen atoms in total. The molecule has 0 saturated carbocycles. The van der Waals surface area contributed by atoms with Crippen LogP contribution in [0.15, 0.2) is 24.3 Å². The number of amides is 4. The number of hydrogen-bond acceptors (Lipinski definition) is 5. The third kappa shape index (κ3) is 12.0. The van der Waals surface area contributed by atoms with Gasteiger partial charge in [0.2, 0.25) is 17.7 Å². The van der Waals surface area contributed by atoms with Crippen LogP contribution >= 0.6 is 0 Å². The third-order valence-electron chi connectivity index (χ3n) is 6.02. The Morgan fingerprint density at radius 3 is 2.11 bits per heavy atom. The second-order valence-corrected chi connectivity index (χ2v) is 10.6. The zero-order valence-corrected chi connectivity index (χ0v) is 24.1.